The van der Waals surface area contributed by atoms with Gasteiger partial charge in [-0.3, -0.25) is 13.8 Å². The molecule has 0 spiro atoms. The van der Waals surface area contributed by atoms with Gasteiger partial charge >= 0.3 is 5.97 Å². The number of amides is 1. The second kappa shape index (κ2) is 5.74. The van der Waals surface area contributed by atoms with E-state index in [1.807, 2.05) is 0 Å². The van der Waals surface area contributed by atoms with Gasteiger partial charge in [0.1, 0.15) is 5.25 Å². The summed E-state index contributed by atoms with van der Waals surface area (Å²) in [6.07, 6.45) is 0. The zero-order valence-corrected chi connectivity index (χ0v) is 9.30. The predicted molar refractivity (Wildman–Crippen MR) is 52.8 cm³/mol. The van der Waals surface area contributed by atoms with E-state index in [-0.39, 0.29) is 5.75 Å². The molecule has 0 aliphatic carbocycles. The van der Waals surface area contributed by atoms with Crippen molar-refractivity contribution in [2.24, 2.45) is 11.7 Å². The third-order valence-corrected chi connectivity index (χ3v) is 3.66. The predicted octanol–water partition coefficient (Wildman–Crippen LogP) is -0.582. The van der Waals surface area contributed by atoms with Crippen LogP contribution in [0.2, 0.25) is 0 Å². The zero-order valence-electron chi connectivity index (χ0n) is 8.48. The summed E-state index contributed by atoms with van der Waals surface area (Å²) in [7, 11) is -0.159. The van der Waals surface area contributed by atoms with Gasteiger partial charge in [-0.25, -0.2) is 0 Å². The molecule has 0 bridgehead atoms. The molecular weight excluding hydrogens is 206 g/mol. The highest BCUT2D eigenvalue weighted by atomic mass is 32.2. The van der Waals surface area contributed by atoms with Crippen LogP contribution in [0.15, 0.2) is 0 Å². The van der Waals surface area contributed by atoms with Crippen molar-refractivity contribution < 1.29 is 18.5 Å². The third kappa shape index (κ3) is 3.87. The van der Waals surface area contributed by atoms with Crippen molar-refractivity contribution in [3.8, 4) is 0 Å². The molecule has 14 heavy (non-hydrogen) atoms. The minimum Gasteiger partial charge on any atom is -0.469 e. The van der Waals surface area contributed by atoms with E-state index in [9.17, 15) is 13.8 Å². The Labute approximate surface area is 85.4 Å². The Morgan fingerprint density at radius 1 is 1.43 bits per heavy atom. The maximum atomic E-state index is 11.4. The molecule has 0 aromatic heterocycles. The van der Waals surface area contributed by atoms with Gasteiger partial charge in [0.05, 0.1) is 13.0 Å². The fourth-order valence-corrected chi connectivity index (χ4v) is 1.97. The van der Waals surface area contributed by atoms with Gasteiger partial charge in [0.2, 0.25) is 5.91 Å². The number of nitrogens with two attached hydrogens (primary N) is 1. The van der Waals surface area contributed by atoms with Gasteiger partial charge in [-0.15, -0.1) is 0 Å². The van der Waals surface area contributed by atoms with Crippen molar-refractivity contribution in [1.82, 2.24) is 0 Å². The maximum absolute atomic E-state index is 11.4. The van der Waals surface area contributed by atoms with Crippen LogP contribution < -0.4 is 5.73 Å². The first-order valence-corrected chi connectivity index (χ1v) is 5.52. The van der Waals surface area contributed by atoms with Crippen molar-refractivity contribution in [2.75, 3.05) is 12.9 Å². The van der Waals surface area contributed by atoms with Gasteiger partial charge in [-0.2, -0.15) is 0 Å². The minimum absolute atomic E-state index is 0.0940. The zero-order chi connectivity index (χ0) is 11.3. The van der Waals surface area contributed by atoms with Gasteiger partial charge in [0.25, 0.3) is 0 Å². The maximum Gasteiger partial charge on any atom is 0.309 e. The summed E-state index contributed by atoms with van der Waals surface area (Å²) < 4.78 is 15.9. The molecule has 0 radical (unpaired) electrons. The van der Waals surface area contributed by atoms with Crippen LogP contribution >= 0.6 is 0 Å². The molecule has 0 aliphatic heterocycles. The normalized spacial score (nSPS) is 16.8. The molecule has 0 saturated heterocycles. The molecule has 0 fully saturated rings. The first-order valence-electron chi connectivity index (χ1n) is 4.14. The molecule has 0 aliphatic rings. The first-order chi connectivity index (χ1) is 6.40. The highest BCUT2D eigenvalue weighted by molar-refractivity contribution is 7.86. The average Bonchev–Trinajstić information content (AvgIpc) is 2.14. The topological polar surface area (TPSA) is 86.5 Å². The lowest BCUT2D eigenvalue weighted by atomic mass is 10.2. The number of carbonyl (C=O) groups is 2. The molecule has 0 heterocycles. The highest BCUT2D eigenvalue weighted by Crippen LogP contribution is 2.04. The number of rotatable bonds is 5. The van der Waals surface area contributed by atoms with Crippen molar-refractivity contribution >= 4 is 22.7 Å². The molecule has 3 atom stereocenters. The van der Waals surface area contributed by atoms with Gasteiger partial charge in [0, 0.05) is 16.6 Å². The number of hydrogen-bond acceptors (Lipinski definition) is 4. The minimum atomic E-state index is -1.42. The van der Waals surface area contributed by atoms with Crippen molar-refractivity contribution in [3.05, 3.63) is 0 Å². The average molecular weight is 221 g/mol. The van der Waals surface area contributed by atoms with E-state index >= 15 is 0 Å². The summed E-state index contributed by atoms with van der Waals surface area (Å²) >= 11 is 0. The molecule has 2 N–H and O–H groups in total. The van der Waals surface area contributed by atoms with Crippen LogP contribution in [0.5, 0.6) is 0 Å². The van der Waals surface area contributed by atoms with Crippen LogP contribution in [-0.2, 0) is 25.1 Å². The number of methoxy groups -OCH3 is 1. The van der Waals surface area contributed by atoms with Gasteiger partial charge in [-0.05, 0) is 6.92 Å². The fraction of sp³-hybridized carbons (Fsp3) is 0.750. The van der Waals surface area contributed by atoms with Crippen LogP contribution in [0.25, 0.3) is 0 Å². The number of primary amides is 1. The smallest absolute Gasteiger partial charge is 0.309 e. The van der Waals surface area contributed by atoms with Crippen molar-refractivity contribution in [3.63, 3.8) is 0 Å². The lowest BCUT2D eigenvalue weighted by Gasteiger charge is -2.11. The summed E-state index contributed by atoms with van der Waals surface area (Å²) in [5, 5.41) is -0.734. The quantitative estimate of drug-likeness (QED) is 0.629. The number of hydrogen-bond donors (Lipinski definition) is 1. The Kier molecular flexibility index (Phi) is 5.37. The van der Waals surface area contributed by atoms with Crippen LogP contribution in [0.3, 0.4) is 0 Å². The third-order valence-electron chi connectivity index (χ3n) is 1.81. The molecular formula is C8H15NO4S. The first kappa shape index (κ1) is 13.1. The summed E-state index contributed by atoms with van der Waals surface area (Å²) in [4.78, 5) is 21.6. The molecule has 5 nitrogen and oxygen atoms in total. The Morgan fingerprint density at radius 2 is 1.93 bits per heavy atom. The molecule has 82 valence electrons. The molecule has 0 aromatic carbocycles. The molecule has 0 rings (SSSR count). The van der Waals surface area contributed by atoms with E-state index in [0.29, 0.717) is 0 Å². The summed E-state index contributed by atoms with van der Waals surface area (Å²) in [5.41, 5.74) is 4.97. The summed E-state index contributed by atoms with van der Waals surface area (Å²) in [6, 6.07) is 0. The lowest BCUT2D eigenvalue weighted by Crippen LogP contribution is -2.33. The lowest BCUT2D eigenvalue weighted by molar-refractivity contribution is -0.144. The molecule has 0 aromatic rings. The van der Waals surface area contributed by atoms with E-state index in [1.54, 1.807) is 6.92 Å². The second-order valence-electron chi connectivity index (χ2n) is 3.02. The Hall–Kier alpha value is -0.910. The number of carbonyl (C=O) groups excluding carboxylic acids is 2. The van der Waals surface area contributed by atoms with E-state index in [0.717, 1.165) is 0 Å². The van der Waals surface area contributed by atoms with Crippen LogP contribution in [0, 0.1) is 5.92 Å². The summed E-state index contributed by atoms with van der Waals surface area (Å²) in [5.74, 6) is -1.45. The molecule has 1 amide bonds. The Morgan fingerprint density at radius 3 is 2.29 bits per heavy atom. The van der Waals surface area contributed by atoms with E-state index in [4.69, 9.17) is 5.73 Å². The van der Waals surface area contributed by atoms with Gasteiger partial charge in [-0.1, -0.05) is 6.92 Å². The molecule has 3 unspecified atom stereocenters. The van der Waals surface area contributed by atoms with E-state index < -0.39 is 33.8 Å². The Balaban J connectivity index is 4.19. The van der Waals surface area contributed by atoms with E-state index in [1.165, 1.54) is 14.0 Å². The van der Waals surface area contributed by atoms with Crippen LogP contribution in [-0.4, -0.2) is 34.2 Å². The van der Waals surface area contributed by atoms with E-state index in [2.05, 4.69) is 4.74 Å². The highest BCUT2D eigenvalue weighted by Gasteiger charge is 2.22. The number of esters is 1. The molecule has 6 heteroatoms. The van der Waals surface area contributed by atoms with Gasteiger partial charge in [0.15, 0.2) is 0 Å². The second-order valence-corrected chi connectivity index (χ2v) is 4.82. The van der Waals surface area contributed by atoms with Crippen LogP contribution in [0.1, 0.15) is 13.8 Å². The van der Waals surface area contributed by atoms with Crippen molar-refractivity contribution in [2.45, 2.75) is 19.1 Å². The fourth-order valence-electron chi connectivity index (χ4n) is 0.790. The Bertz CT molecular complexity index is 254. The SMILES string of the molecule is COC(=O)C(C)CS(=O)C(C)C(N)=O. The standard InChI is InChI=1S/C8H15NO4S/c1-5(8(11)13-3)4-14(12)6(2)7(9)10/h5-6H,4H2,1-3H3,(H2,9,10). The van der Waals surface area contributed by atoms with Gasteiger partial charge < -0.3 is 10.5 Å². The van der Waals surface area contributed by atoms with Crippen molar-refractivity contribution in [1.29, 1.82) is 0 Å². The van der Waals surface area contributed by atoms with Crippen LogP contribution in [0.4, 0.5) is 0 Å². The monoisotopic (exact) mass is 221 g/mol. The summed E-state index contributed by atoms with van der Waals surface area (Å²) in [6.45, 7) is 3.07. The largest absolute Gasteiger partial charge is 0.469 e. The molecule has 0 saturated carbocycles. The number of ether oxygens (including phenoxy) is 1.